The van der Waals surface area contributed by atoms with Crippen LogP contribution in [-0.4, -0.2) is 29.9 Å². The van der Waals surface area contributed by atoms with Crippen LogP contribution < -0.4 is 9.84 Å². The second-order valence-electron chi connectivity index (χ2n) is 6.46. The highest BCUT2D eigenvalue weighted by Gasteiger charge is 2.31. The first-order valence-electron chi connectivity index (χ1n) is 8.72. The van der Waals surface area contributed by atoms with Crippen molar-refractivity contribution in [3.63, 3.8) is 0 Å². The Morgan fingerprint density at radius 3 is 2.80 bits per heavy atom. The van der Waals surface area contributed by atoms with Crippen LogP contribution in [0.2, 0.25) is 0 Å². The van der Waals surface area contributed by atoms with E-state index in [-0.39, 0.29) is 18.9 Å². The zero-order chi connectivity index (χ0) is 17.8. The first kappa shape index (κ1) is 17.3. The van der Waals surface area contributed by atoms with Gasteiger partial charge >= 0.3 is 0 Å². The van der Waals surface area contributed by atoms with Crippen molar-refractivity contribution >= 4 is 22.6 Å². The van der Waals surface area contributed by atoms with Gasteiger partial charge in [-0.2, -0.15) is 0 Å². The number of hydrogen-bond donors (Lipinski definition) is 0. The number of carbonyl (C=O) groups excluding carboxylic acids is 2. The molecule has 1 aliphatic rings. The number of carboxylic acids is 1. The first-order valence-corrected chi connectivity index (χ1v) is 8.72. The lowest BCUT2D eigenvalue weighted by Gasteiger charge is -2.21. The first-order chi connectivity index (χ1) is 12.1. The second-order valence-corrected chi connectivity index (χ2v) is 6.46. The van der Waals surface area contributed by atoms with Crippen molar-refractivity contribution in [1.29, 1.82) is 0 Å². The lowest BCUT2D eigenvalue weighted by molar-refractivity contribution is -0.311. The molecule has 1 fully saturated rings. The molecule has 1 saturated heterocycles. The summed E-state index contributed by atoms with van der Waals surface area (Å²) in [5.41, 5.74) is 0.932. The molecule has 5 nitrogen and oxygen atoms in total. The molecule has 1 amide bonds. The van der Waals surface area contributed by atoms with E-state index in [1.165, 1.54) is 0 Å². The Bertz CT molecular complexity index is 786. The summed E-state index contributed by atoms with van der Waals surface area (Å²) in [6.45, 7) is 3.27. The van der Waals surface area contributed by atoms with E-state index in [9.17, 15) is 14.7 Å². The van der Waals surface area contributed by atoms with Crippen LogP contribution in [0, 0.1) is 5.92 Å². The number of likely N-dealkylation sites (tertiary alicyclic amines) is 1. The Morgan fingerprint density at radius 1 is 1.28 bits per heavy atom. The normalized spacial score (nSPS) is 17.2. The lowest BCUT2D eigenvalue weighted by atomic mass is 10.0. The molecule has 1 aliphatic heterocycles. The highest BCUT2D eigenvalue weighted by Crippen LogP contribution is 2.31. The number of rotatable bonds is 7. The molecular weight excluding hydrogens is 318 g/mol. The monoisotopic (exact) mass is 340 g/mol. The third kappa shape index (κ3) is 3.76. The van der Waals surface area contributed by atoms with E-state index in [2.05, 4.69) is 6.92 Å². The molecule has 0 bridgehead atoms. The SMILES string of the molecule is CCCCOc1ccc2ccccc2c1CN1C[C@@H](C(=O)[O-])CC1=O. The molecule has 0 radical (unpaired) electrons. The number of amides is 1. The molecule has 0 aliphatic carbocycles. The van der Waals surface area contributed by atoms with Crippen LogP contribution in [0.5, 0.6) is 5.75 Å². The smallest absolute Gasteiger partial charge is 0.223 e. The number of hydrogen-bond acceptors (Lipinski definition) is 4. The van der Waals surface area contributed by atoms with Crippen LogP contribution in [0.25, 0.3) is 10.8 Å². The van der Waals surface area contributed by atoms with Gasteiger partial charge in [-0.15, -0.1) is 0 Å². The van der Waals surface area contributed by atoms with Crippen LogP contribution in [0.15, 0.2) is 36.4 Å². The maximum atomic E-state index is 12.2. The number of carboxylic acid groups (broad SMARTS) is 1. The van der Waals surface area contributed by atoms with Crippen molar-refractivity contribution in [2.75, 3.05) is 13.2 Å². The minimum atomic E-state index is -1.16. The van der Waals surface area contributed by atoms with Crippen molar-refractivity contribution < 1.29 is 19.4 Å². The predicted molar refractivity (Wildman–Crippen MR) is 92.9 cm³/mol. The highest BCUT2D eigenvalue weighted by atomic mass is 16.5. The lowest BCUT2D eigenvalue weighted by Crippen LogP contribution is -2.33. The van der Waals surface area contributed by atoms with Gasteiger partial charge < -0.3 is 19.5 Å². The molecule has 2 aromatic rings. The number of aliphatic carboxylic acids is 1. The molecule has 1 atom stereocenters. The average molecular weight is 340 g/mol. The van der Waals surface area contributed by atoms with Gasteiger partial charge in [0.25, 0.3) is 0 Å². The van der Waals surface area contributed by atoms with E-state index in [0.717, 1.165) is 34.9 Å². The van der Waals surface area contributed by atoms with Crippen LogP contribution in [0.1, 0.15) is 31.7 Å². The average Bonchev–Trinajstić information content (AvgIpc) is 2.98. The largest absolute Gasteiger partial charge is 0.550 e. The van der Waals surface area contributed by atoms with Crippen LogP contribution in [-0.2, 0) is 16.1 Å². The van der Waals surface area contributed by atoms with E-state index in [1.807, 2.05) is 36.4 Å². The fourth-order valence-corrected chi connectivity index (χ4v) is 3.21. The van der Waals surface area contributed by atoms with Crippen molar-refractivity contribution in [3.05, 3.63) is 42.0 Å². The Morgan fingerprint density at radius 2 is 2.08 bits per heavy atom. The van der Waals surface area contributed by atoms with Crippen molar-refractivity contribution in [2.24, 2.45) is 5.92 Å². The number of benzene rings is 2. The summed E-state index contributed by atoms with van der Waals surface area (Å²) in [7, 11) is 0. The molecule has 0 aromatic heterocycles. The third-order valence-electron chi connectivity index (χ3n) is 4.65. The van der Waals surface area contributed by atoms with Gasteiger partial charge in [-0.3, -0.25) is 4.79 Å². The predicted octanol–water partition coefficient (Wildman–Crippen LogP) is 2.12. The molecule has 1 heterocycles. The van der Waals surface area contributed by atoms with Crippen LogP contribution >= 0.6 is 0 Å². The van der Waals surface area contributed by atoms with Gasteiger partial charge in [0.1, 0.15) is 5.75 Å². The maximum Gasteiger partial charge on any atom is 0.223 e. The molecule has 0 N–H and O–H groups in total. The van der Waals surface area contributed by atoms with Gasteiger partial charge in [-0.25, -0.2) is 0 Å². The fraction of sp³-hybridized carbons (Fsp3) is 0.400. The zero-order valence-corrected chi connectivity index (χ0v) is 14.4. The summed E-state index contributed by atoms with van der Waals surface area (Å²) < 4.78 is 5.94. The van der Waals surface area contributed by atoms with E-state index >= 15 is 0 Å². The maximum absolute atomic E-state index is 12.2. The third-order valence-corrected chi connectivity index (χ3v) is 4.65. The summed E-state index contributed by atoms with van der Waals surface area (Å²) in [5, 5.41) is 13.2. The van der Waals surface area contributed by atoms with Crippen LogP contribution in [0.3, 0.4) is 0 Å². The molecule has 2 aromatic carbocycles. The molecule has 132 valence electrons. The summed E-state index contributed by atoms with van der Waals surface area (Å²) in [4.78, 5) is 24.9. The summed E-state index contributed by atoms with van der Waals surface area (Å²) in [6.07, 6.45) is 2.02. The molecule has 0 spiro atoms. The summed E-state index contributed by atoms with van der Waals surface area (Å²) in [5.74, 6) is -1.28. The van der Waals surface area contributed by atoms with Gasteiger partial charge in [0, 0.05) is 37.0 Å². The Balaban J connectivity index is 1.91. The second kappa shape index (κ2) is 7.55. The Labute approximate surface area is 147 Å². The molecule has 5 heteroatoms. The number of nitrogens with zero attached hydrogens (tertiary/aromatic N) is 1. The van der Waals surface area contributed by atoms with E-state index in [1.54, 1.807) is 4.90 Å². The van der Waals surface area contributed by atoms with Gasteiger partial charge in [0.15, 0.2) is 0 Å². The van der Waals surface area contributed by atoms with E-state index in [0.29, 0.717) is 13.2 Å². The topological polar surface area (TPSA) is 69.7 Å². The van der Waals surface area contributed by atoms with Gasteiger partial charge in [0.2, 0.25) is 5.91 Å². The van der Waals surface area contributed by atoms with Crippen molar-refractivity contribution in [2.45, 2.75) is 32.7 Å². The highest BCUT2D eigenvalue weighted by molar-refractivity contribution is 5.89. The molecule has 0 saturated carbocycles. The summed E-state index contributed by atoms with van der Waals surface area (Å²) in [6, 6.07) is 11.9. The van der Waals surface area contributed by atoms with E-state index < -0.39 is 11.9 Å². The molecule has 0 unspecified atom stereocenters. The molecule has 3 rings (SSSR count). The summed E-state index contributed by atoms with van der Waals surface area (Å²) >= 11 is 0. The Hall–Kier alpha value is -2.56. The number of fused-ring (bicyclic) bond motifs is 1. The van der Waals surface area contributed by atoms with Crippen LogP contribution in [0.4, 0.5) is 0 Å². The molecular formula is C20H22NO4-. The minimum Gasteiger partial charge on any atom is -0.550 e. The minimum absolute atomic E-state index is 0.0130. The van der Waals surface area contributed by atoms with E-state index in [4.69, 9.17) is 4.74 Å². The zero-order valence-electron chi connectivity index (χ0n) is 14.4. The van der Waals surface area contributed by atoms with Gasteiger partial charge in [-0.05, 0) is 23.3 Å². The van der Waals surface area contributed by atoms with Gasteiger partial charge in [0.05, 0.1) is 6.61 Å². The Kier molecular flexibility index (Phi) is 5.22. The van der Waals surface area contributed by atoms with Crippen molar-refractivity contribution in [3.8, 4) is 5.75 Å². The van der Waals surface area contributed by atoms with Crippen molar-refractivity contribution in [1.82, 2.24) is 4.90 Å². The standard InChI is InChI=1S/C20H23NO4/c1-2-3-10-25-18-9-8-14-6-4-5-7-16(14)17(18)13-21-12-15(20(23)24)11-19(21)22/h4-9,15H,2-3,10-13H2,1H3,(H,23,24)/p-1/t15-/m0/s1. The number of carbonyl (C=O) groups is 2. The fourth-order valence-electron chi connectivity index (χ4n) is 3.21. The number of unbranched alkanes of at least 4 members (excludes halogenated alkanes) is 1. The molecule has 25 heavy (non-hydrogen) atoms. The number of ether oxygens (including phenoxy) is 1. The quantitative estimate of drug-likeness (QED) is 0.724. The van der Waals surface area contributed by atoms with Gasteiger partial charge in [-0.1, -0.05) is 43.7 Å².